The molecule has 0 aliphatic carbocycles. The zero-order valence-corrected chi connectivity index (χ0v) is 4.22. The number of hydrogen-bond donors (Lipinski definition) is 1. The third kappa shape index (κ3) is 0.866. The van der Waals surface area contributed by atoms with E-state index in [1.807, 2.05) is 0 Å². The Labute approximate surface area is 45.5 Å². The maximum atomic E-state index is 10.1. The smallest absolute Gasteiger partial charge is 0.266 e. The molecule has 1 rings (SSSR count). The standard InChI is InChI=1S/C3H2N2OS/c6-2-1-3(7)5-4-2/h1,7H. The summed E-state index contributed by atoms with van der Waals surface area (Å²) < 4.78 is 0. The average Bonchev–Trinajstić information content (AvgIpc) is 1.87. The summed E-state index contributed by atoms with van der Waals surface area (Å²) in [6.45, 7) is 0. The highest BCUT2D eigenvalue weighted by molar-refractivity contribution is 7.84. The number of azo groups is 1. The second kappa shape index (κ2) is 1.46. The lowest BCUT2D eigenvalue weighted by molar-refractivity contribution is -0.113. The van der Waals surface area contributed by atoms with Gasteiger partial charge in [0, 0.05) is 6.08 Å². The van der Waals surface area contributed by atoms with E-state index in [1.54, 1.807) is 0 Å². The molecule has 3 nitrogen and oxygen atoms in total. The van der Waals surface area contributed by atoms with Crippen LogP contribution in [0.2, 0.25) is 0 Å². The van der Waals surface area contributed by atoms with Crippen LogP contribution in [-0.4, -0.2) is 5.91 Å². The lowest BCUT2D eigenvalue weighted by atomic mass is 10.6. The van der Waals surface area contributed by atoms with Gasteiger partial charge in [0.25, 0.3) is 5.91 Å². The van der Waals surface area contributed by atoms with E-state index in [1.165, 1.54) is 6.08 Å². The normalized spacial score (nSPS) is 17.9. The summed E-state index contributed by atoms with van der Waals surface area (Å²) in [5.41, 5.74) is 0. The summed E-state index contributed by atoms with van der Waals surface area (Å²) in [6, 6.07) is 0. The topological polar surface area (TPSA) is 41.8 Å². The minimum atomic E-state index is -0.329. The molecule has 0 spiro atoms. The highest BCUT2D eigenvalue weighted by Crippen LogP contribution is 2.08. The minimum absolute atomic E-state index is 0.329. The molecule has 1 aliphatic heterocycles. The van der Waals surface area contributed by atoms with Gasteiger partial charge >= 0.3 is 0 Å². The van der Waals surface area contributed by atoms with Gasteiger partial charge in [-0.3, -0.25) is 4.79 Å². The number of amides is 1. The third-order valence-corrected chi connectivity index (χ3v) is 0.722. The highest BCUT2D eigenvalue weighted by Gasteiger charge is 2.01. The molecule has 36 valence electrons. The summed E-state index contributed by atoms with van der Waals surface area (Å²) in [4.78, 5) is 10.1. The van der Waals surface area contributed by atoms with Crippen LogP contribution in [0.1, 0.15) is 0 Å². The molecule has 0 N–H and O–H groups in total. The quantitative estimate of drug-likeness (QED) is 0.464. The molecule has 0 atom stereocenters. The van der Waals surface area contributed by atoms with Crippen molar-refractivity contribution < 1.29 is 4.79 Å². The van der Waals surface area contributed by atoms with Crippen LogP contribution in [-0.2, 0) is 4.79 Å². The molecule has 0 fully saturated rings. The molecule has 1 heterocycles. The molecule has 1 aliphatic rings. The predicted molar refractivity (Wildman–Crippen MR) is 26.9 cm³/mol. The van der Waals surface area contributed by atoms with E-state index in [2.05, 4.69) is 22.9 Å². The monoisotopic (exact) mass is 114 g/mol. The van der Waals surface area contributed by atoms with Crippen molar-refractivity contribution in [2.24, 2.45) is 10.2 Å². The van der Waals surface area contributed by atoms with E-state index in [0.717, 1.165) is 0 Å². The molecule has 0 saturated carbocycles. The summed E-state index contributed by atoms with van der Waals surface area (Å²) in [5.74, 6) is -0.329. The molecule has 7 heavy (non-hydrogen) atoms. The van der Waals surface area contributed by atoms with Gasteiger partial charge in [0.15, 0.2) is 0 Å². The number of hydrogen-bond acceptors (Lipinski definition) is 3. The summed E-state index contributed by atoms with van der Waals surface area (Å²) in [5, 5.41) is 6.83. The predicted octanol–water partition coefficient (Wildman–Crippen LogP) is 0.750. The van der Waals surface area contributed by atoms with Crippen molar-refractivity contribution in [2.45, 2.75) is 0 Å². The molecule has 0 saturated heterocycles. The summed E-state index contributed by atoms with van der Waals surface area (Å²) >= 11 is 3.73. The van der Waals surface area contributed by atoms with Gasteiger partial charge in [-0.15, -0.1) is 22.9 Å². The zero-order chi connectivity index (χ0) is 5.28. The molecular weight excluding hydrogens is 112 g/mol. The molecular formula is C3H2N2OS. The van der Waals surface area contributed by atoms with Gasteiger partial charge < -0.3 is 0 Å². The van der Waals surface area contributed by atoms with E-state index >= 15 is 0 Å². The molecule has 0 aromatic carbocycles. The number of thiol groups is 1. The summed E-state index contributed by atoms with van der Waals surface area (Å²) in [7, 11) is 0. The Balaban J connectivity index is 2.88. The fourth-order valence-corrected chi connectivity index (χ4v) is 0.424. The first-order valence-electron chi connectivity index (χ1n) is 1.65. The van der Waals surface area contributed by atoms with Crippen molar-refractivity contribution in [3.8, 4) is 0 Å². The largest absolute Gasteiger partial charge is 0.291 e. The van der Waals surface area contributed by atoms with E-state index in [9.17, 15) is 4.79 Å². The Kier molecular flexibility index (Phi) is 0.941. The summed E-state index contributed by atoms with van der Waals surface area (Å²) in [6.07, 6.45) is 1.25. The molecule has 1 amide bonds. The number of carbonyl (C=O) groups is 1. The van der Waals surface area contributed by atoms with E-state index < -0.39 is 0 Å². The van der Waals surface area contributed by atoms with Crippen LogP contribution in [0.3, 0.4) is 0 Å². The molecule has 0 radical (unpaired) electrons. The third-order valence-electron chi connectivity index (χ3n) is 0.504. The van der Waals surface area contributed by atoms with Crippen LogP contribution in [0, 0.1) is 0 Å². The van der Waals surface area contributed by atoms with Crippen molar-refractivity contribution in [2.75, 3.05) is 0 Å². The van der Waals surface area contributed by atoms with Crippen molar-refractivity contribution >= 4 is 18.5 Å². The van der Waals surface area contributed by atoms with Gasteiger partial charge in [-0.1, -0.05) is 0 Å². The fraction of sp³-hybridized carbons (Fsp3) is 0. The van der Waals surface area contributed by atoms with Crippen LogP contribution in [0.5, 0.6) is 0 Å². The van der Waals surface area contributed by atoms with Crippen LogP contribution in [0.15, 0.2) is 21.3 Å². The lowest BCUT2D eigenvalue weighted by Crippen LogP contribution is -1.75. The maximum absolute atomic E-state index is 10.1. The average molecular weight is 114 g/mol. The molecule has 0 bridgehead atoms. The number of carbonyl (C=O) groups excluding carboxylic acids is 1. The van der Waals surface area contributed by atoms with Crippen LogP contribution in [0.25, 0.3) is 0 Å². The van der Waals surface area contributed by atoms with Crippen molar-refractivity contribution in [1.82, 2.24) is 0 Å². The minimum Gasteiger partial charge on any atom is -0.266 e. The Morgan fingerprint density at radius 3 is 2.43 bits per heavy atom. The fourth-order valence-electron chi connectivity index (χ4n) is 0.269. The van der Waals surface area contributed by atoms with Gasteiger partial charge in [-0.25, -0.2) is 0 Å². The van der Waals surface area contributed by atoms with Crippen LogP contribution >= 0.6 is 12.6 Å². The van der Waals surface area contributed by atoms with Gasteiger partial charge in [-0.2, -0.15) is 0 Å². The first-order valence-corrected chi connectivity index (χ1v) is 2.10. The Hall–Kier alpha value is -0.640. The SMILES string of the molecule is O=C1C=C(S)N=N1. The van der Waals surface area contributed by atoms with Gasteiger partial charge in [0.1, 0.15) is 5.03 Å². The first-order chi connectivity index (χ1) is 3.29. The number of rotatable bonds is 0. The van der Waals surface area contributed by atoms with Gasteiger partial charge in [0.05, 0.1) is 0 Å². The lowest BCUT2D eigenvalue weighted by Gasteiger charge is -1.66. The Bertz CT molecular complexity index is 160. The second-order valence-corrected chi connectivity index (χ2v) is 1.50. The van der Waals surface area contributed by atoms with Crippen molar-refractivity contribution in [1.29, 1.82) is 0 Å². The Morgan fingerprint density at radius 2 is 2.29 bits per heavy atom. The zero-order valence-electron chi connectivity index (χ0n) is 3.33. The van der Waals surface area contributed by atoms with E-state index in [0.29, 0.717) is 5.03 Å². The first kappa shape index (κ1) is 4.52. The van der Waals surface area contributed by atoms with E-state index in [4.69, 9.17) is 0 Å². The van der Waals surface area contributed by atoms with Gasteiger partial charge in [0.2, 0.25) is 0 Å². The molecule has 0 unspecified atom stereocenters. The molecule has 0 aromatic rings. The van der Waals surface area contributed by atoms with Crippen LogP contribution in [0.4, 0.5) is 0 Å². The molecule has 0 aromatic heterocycles. The van der Waals surface area contributed by atoms with Crippen LogP contribution < -0.4 is 0 Å². The van der Waals surface area contributed by atoms with Crippen molar-refractivity contribution in [3.63, 3.8) is 0 Å². The second-order valence-electron chi connectivity index (χ2n) is 1.04. The van der Waals surface area contributed by atoms with E-state index in [-0.39, 0.29) is 5.91 Å². The number of nitrogens with zero attached hydrogens (tertiary/aromatic N) is 2. The maximum Gasteiger partial charge on any atom is 0.291 e. The van der Waals surface area contributed by atoms with Gasteiger partial charge in [-0.05, 0) is 0 Å². The highest BCUT2D eigenvalue weighted by atomic mass is 32.1. The molecule has 4 heteroatoms. The Morgan fingerprint density at radius 1 is 1.57 bits per heavy atom. The van der Waals surface area contributed by atoms with Crippen molar-refractivity contribution in [3.05, 3.63) is 11.1 Å².